The molecule has 0 radical (unpaired) electrons. The van der Waals surface area contributed by atoms with Gasteiger partial charge >= 0.3 is 0 Å². The molecule has 1 aromatic carbocycles. The van der Waals surface area contributed by atoms with Crippen molar-refractivity contribution in [2.24, 2.45) is 0 Å². The van der Waals surface area contributed by atoms with Gasteiger partial charge in [-0.2, -0.15) is 4.31 Å². The first-order valence-corrected chi connectivity index (χ1v) is 9.10. The molecule has 0 aliphatic rings. The smallest absolute Gasteiger partial charge is 0.243 e. The van der Waals surface area contributed by atoms with Gasteiger partial charge in [0.05, 0.1) is 22.1 Å². The standard InChI is InChI=1S/C15H20N2O2S2/c1-11(2)13-5-7-15(8-6-13)21(18,19)17(4)9-14-10-20-12(3)16-14/h5-8,10-11H,9H2,1-4H3. The van der Waals surface area contributed by atoms with E-state index in [0.717, 1.165) is 16.3 Å². The van der Waals surface area contributed by atoms with Crippen molar-refractivity contribution in [3.05, 3.63) is 45.9 Å². The largest absolute Gasteiger partial charge is 0.245 e. The Bertz CT molecular complexity index is 704. The maximum atomic E-state index is 12.5. The van der Waals surface area contributed by atoms with Gasteiger partial charge < -0.3 is 0 Å². The van der Waals surface area contributed by atoms with Crippen LogP contribution in [0.5, 0.6) is 0 Å². The molecular formula is C15H20N2O2S2. The summed E-state index contributed by atoms with van der Waals surface area (Å²) in [6.45, 7) is 6.37. The Balaban J connectivity index is 2.20. The molecule has 1 aromatic heterocycles. The van der Waals surface area contributed by atoms with Gasteiger partial charge in [-0.1, -0.05) is 26.0 Å². The fourth-order valence-electron chi connectivity index (χ4n) is 2.00. The van der Waals surface area contributed by atoms with Crippen molar-refractivity contribution in [3.63, 3.8) is 0 Å². The molecule has 0 N–H and O–H groups in total. The van der Waals surface area contributed by atoms with Crippen LogP contribution in [0.2, 0.25) is 0 Å². The summed E-state index contributed by atoms with van der Waals surface area (Å²) in [7, 11) is -1.89. The molecule has 2 rings (SSSR count). The van der Waals surface area contributed by atoms with Crippen LogP contribution in [-0.4, -0.2) is 24.8 Å². The van der Waals surface area contributed by atoms with Crippen molar-refractivity contribution in [3.8, 4) is 0 Å². The first-order valence-electron chi connectivity index (χ1n) is 6.78. The molecule has 0 saturated carbocycles. The molecule has 21 heavy (non-hydrogen) atoms. The molecule has 0 unspecified atom stereocenters. The van der Waals surface area contributed by atoms with Crippen LogP contribution in [-0.2, 0) is 16.6 Å². The van der Waals surface area contributed by atoms with E-state index in [-0.39, 0.29) is 0 Å². The predicted molar refractivity (Wildman–Crippen MR) is 86.0 cm³/mol. The Hall–Kier alpha value is -1.24. The maximum Gasteiger partial charge on any atom is 0.243 e. The summed E-state index contributed by atoms with van der Waals surface area (Å²) < 4.78 is 26.4. The van der Waals surface area contributed by atoms with Crippen LogP contribution in [0.4, 0.5) is 0 Å². The highest BCUT2D eigenvalue weighted by atomic mass is 32.2. The number of aromatic nitrogens is 1. The molecule has 0 aliphatic heterocycles. The summed E-state index contributed by atoms with van der Waals surface area (Å²) in [4.78, 5) is 4.63. The van der Waals surface area contributed by atoms with E-state index in [1.54, 1.807) is 19.2 Å². The Morgan fingerprint density at radius 3 is 2.33 bits per heavy atom. The average molecular weight is 324 g/mol. The van der Waals surface area contributed by atoms with Gasteiger partial charge in [0.1, 0.15) is 0 Å². The van der Waals surface area contributed by atoms with Crippen molar-refractivity contribution < 1.29 is 8.42 Å². The van der Waals surface area contributed by atoms with E-state index in [9.17, 15) is 8.42 Å². The van der Waals surface area contributed by atoms with Crippen LogP contribution in [0.15, 0.2) is 34.5 Å². The minimum absolute atomic E-state index is 0.290. The van der Waals surface area contributed by atoms with E-state index in [2.05, 4.69) is 18.8 Å². The van der Waals surface area contributed by atoms with Gasteiger partial charge in [-0.25, -0.2) is 13.4 Å². The van der Waals surface area contributed by atoms with E-state index < -0.39 is 10.0 Å². The van der Waals surface area contributed by atoms with Crippen LogP contribution >= 0.6 is 11.3 Å². The van der Waals surface area contributed by atoms with Crippen LogP contribution in [0.3, 0.4) is 0 Å². The molecular weight excluding hydrogens is 304 g/mol. The van der Waals surface area contributed by atoms with Crippen molar-refractivity contribution in [1.29, 1.82) is 0 Å². The maximum absolute atomic E-state index is 12.5. The van der Waals surface area contributed by atoms with E-state index in [1.807, 2.05) is 24.4 Å². The molecule has 0 saturated heterocycles. The van der Waals surface area contributed by atoms with Crippen molar-refractivity contribution >= 4 is 21.4 Å². The lowest BCUT2D eigenvalue weighted by molar-refractivity contribution is 0.463. The molecule has 1 heterocycles. The van der Waals surface area contributed by atoms with E-state index >= 15 is 0 Å². The van der Waals surface area contributed by atoms with Gasteiger partial charge in [0, 0.05) is 12.4 Å². The molecule has 2 aromatic rings. The van der Waals surface area contributed by atoms with E-state index in [1.165, 1.54) is 15.6 Å². The minimum atomic E-state index is -3.47. The molecule has 4 nitrogen and oxygen atoms in total. The summed E-state index contributed by atoms with van der Waals surface area (Å²) in [6, 6.07) is 7.09. The van der Waals surface area contributed by atoms with Crippen molar-refractivity contribution in [2.45, 2.75) is 38.1 Å². The molecule has 6 heteroatoms. The number of nitrogens with zero attached hydrogens (tertiary/aromatic N) is 2. The number of benzene rings is 1. The fourth-order valence-corrected chi connectivity index (χ4v) is 3.74. The third-order valence-corrected chi connectivity index (χ3v) is 5.95. The number of rotatable bonds is 5. The van der Waals surface area contributed by atoms with Gasteiger partial charge in [-0.3, -0.25) is 0 Å². The SMILES string of the molecule is Cc1nc(CN(C)S(=O)(=O)c2ccc(C(C)C)cc2)cs1. The van der Waals surface area contributed by atoms with Crippen LogP contribution < -0.4 is 0 Å². The molecule has 0 amide bonds. The Morgan fingerprint density at radius 1 is 1.24 bits per heavy atom. The lowest BCUT2D eigenvalue weighted by atomic mass is 10.0. The average Bonchev–Trinajstić information content (AvgIpc) is 2.84. The van der Waals surface area contributed by atoms with Crippen LogP contribution in [0.25, 0.3) is 0 Å². The van der Waals surface area contributed by atoms with Gasteiger partial charge in [0.15, 0.2) is 0 Å². The third-order valence-electron chi connectivity index (χ3n) is 3.31. The monoisotopic (exact) mass is 324 g/mol. The second-order valence-electron chi connectivity index (χ2n) is 5.34. The Morgan fingerprint density at radius 2 is 1.86 bits per heavy atom. The van der Waals surface area contributed by atoms with Gasteiger partial charge in [0.25, 0.3) is 0 Å². The predicted octanol–water partition coefficient (Wildman–Crippen LogP) is 3.40. The Kier molecular flexibility index (Phi) is 4.81. The van der Waals surface area contributed by atoms with Gasteiger partial charge in [-0.05, 0) is 30.5 Å². The summed E-state index contributed by atoms with van der Waals surface area (Å²) in [5.74, 6) is 0.387. The molecule has 114 valence electrons. The second-order valence-corrected chi connectivity index (χ2v) is 8.45. The second kappa shape index (κ2) is 6.25. The van der Waals surface area contributed by atoms with Crippen LogP contribution in [0, 0.1) is 6.92 Å². The fraction of sp³-hybridized carbons (Fsp3) is 0.400. The van der Waals surface area contributed by atoms with E-state index in [4.69, 9.17) is 0 Å². The van der Waals surface area contributed by atoms with Gasteiger partial charge in [0.2, 0.25) is 10.0 Å². The number of thiazole rings is 1. The van der Waals surface area contributed by atoms with Crippen LogP contribution in [0.1, 0.15) is 36.0 Å². The summed E-state index contributed by atoms with van der Waals surface area (Å²) >= 11 is 1.53. The topological polar surface area (TPSA) is 50.3 Å². The zero-order valence-corrected chi connectivity index (χ0v) is 14.3. The molecule has 0 bridgehead atoms. The van der Waals surface area contributed by atoms with Crippen molar-refractivity contribution in [1.82, 2.24) is 9.29 Å². The summed E-state index contributed by atoms with van der Waals surface area (Å²) in [6.07, 6.45) is 0. The number of sulfonamides is 1. The lowest BCUT2D eigenvalue weighted by Crippen LogP contribution is -2.26. The quantitative estimate of drug-likeness (QED) is 0.847. The Labute approximate surface area is 130 Å². The lowest BCUT2D eigenvalue weighted by Gasteiger charge is -2.16. The highest BCUT2D eigenvalue weighted by Crippen LogP contribution is 2.21. The van der Waals surface area contributed by atoms with Gasteiger partial charge in [-0.15, -0.1) is 11.3 Å². The minimum Gasteiger partial charge on any atom is -0.245 e. The third kappa shape index (κ3) is 3.70. The number of hydrogen-bond donors (Lipinski definition) is 0. The zero-order chi connectivity index (χ0) is 15.6. The number of hydrogen-bond acceptors (Lipinski definition) is 4. The molecule has 0 spiro atoms. The summed E-state index contributed by atoms with van der Waals surface area (Å²) in [5, 5.41) is 2.83. The van der Waals surface area contributed by atoms with E-state index in [0.29, 0.717) is 17.4 Å². The highest BCUT2D eigenvalue weighted by Gasteiger charge is 2.21. The molecule has 0 aliphatic carbocycles. The van der Waals surface area contributed by atoms with Crippen molar-refractivity contribution in [2.75, 3.05) is 7.05 Å². The zero-order valence-electron chi connectivity index (χ0n) is 12.7. The summed E-state index contributed by atoms with van der Waals surface area (Å²) in [5.41, 5.74) is 1.91. The first kappa shape index (κ1) is 16.1. The first-order chi connectivity index (χ1) is 9.80. The highest BCUT2D eigenvalue weighted by molar-refractivity contribution is 7.89. The number of aryl methyl sites for hydroxylation is 1. The normalized spacial score (nSPS) is 12.3. The molecule has 0 atom stereocenters. The molecule has 0 fully saturated rings.